The van der Waals surface area contributed by atoms with Crippen LogP contribution in [0.15, 0.2) is 45.6 Å². The van der Waals surface area contributed by atoms with Crippen molar-refractivity contribution in [1.82, 2.24) is 0 Å². The highest BCUT2D eigenvalue weighted by atomic mass is 31.2. The van der Waals surface area contributed by atoms with Crippen LogP contribution in [0.5, 0.6) is 0 Å². The van der Waals surface area contributed by atoms with Crippen LogP contribution in [0, 0.1) is 0 Å². The number of benzene rings is 1. The molecule has 0 spiro atoms. The molecular weight excluding hydrogens is 357 g/mol. The second-order valence-corrected chi connectivity index (χ2v) is 5.16. The Kier molecular flexibility index (Phi) is 11.1. The van der Waals surface area contributed by atoms with E-state index in [1.807, 2.05) is 18.2 Å². The van der Waals surface area contributed by atoms with Crippen LogP contribution in [-0.4, -0.2) is 43.3 Å². The molecule has 0 aliphatic heterocycles. The van der Waals surface area contributed by atoms with E-state index in [-0.39, 0.29) is 18.8 Å². The van der Waals surface area contributed by atoms with Crippen LogP contribution in [0.25, 0.3) is 11.0 Å². The monoisotopic (exact) mass is 377 g/mol. The average Bonchev–Trinajstić information content (AvgIpc) is 2.60. The van der Waals surface area contributed by atoms with Crippen molar-refractivity contribution in [3.8, 4) is 0 Å². The van der Waals surface area contributed by atoms with Gasteiger partial charge in [-0.15, -0.1) is 0 Å². The maximum atomic E-state index is 10.7. The molecule has 1 heterocycles. The molecule has 1 aromatic heterocycles. The number of para-hydroxylation sites is 1. The van der Waals surface area contributed by atoms with Crippen molar-refractivity contribution in [3.05, 3.63) is 46.8 Å². The smallest absolute Gasteiger partial charge is 0.438 e. The van der Waals surface area contributed by atoms with E-state index in [1.165, 1.54) is 13.1 Å². The van der Waals surface area contributed by atoms with Gasteiger partial charge in [-0.1, -0.05) is 18.2 Å². The molecule has 0 unspecified atom stereocenters. The molecule has 0 fully saturated rings. The number of hydrogen-bond donors (Lipinski definition) is 3. The zero-order chi connectivity index (χ0) is 19.3. The minimum atomic E-state index is -4.47. The summed E-state index contributed by atoms with van der Waals surface area (Å²) in [7, 11) is -1.85. The first kappa shape index (κ1) is 22.8. The SMILES string of the molecule is CN.COC(=O)OCCOP(=O)(O)O.O=c1ccc2ccccc2o1. The van der Waals surface area contributed by atoms with E-state index in [0.717, 1.165) is 12.5 Å². The highest BCUT2D eigenvalue weighted by Crippen LogP contribution is 2.35. The predicted molar refractivity (Wildman–Crippen MR) is 88.9 cm³/mol. The van der Waals surface area contributed by atoms with Gasteiger partial charge in [-0.05, 0) is 19.2 Å². The van der Waals surface area contributed by atoms with Crippen LogP contribution in [0.2, 0.25) is 0 Å². The molecule has 11 heteroatoms. The summed E-state index contributed by atoms with van der Waals surface area (Å²) in [6.45, 7) is -0.642. The lowest BCUT2D eigenvalue weighted by atomic mass is 10.2. The minimum absolute atomic E-state index is 0.266. The third kappa shape index (κ3) is 11.0. The summed E-state index contributed by atoms with van der Waals surface area (Å²) in [5.41, 5.74) is 4.84. The summed E-state index contributed by atoms with van der Waals surface area (Å²) in [4.78, 5) is 37.3. The van der Waals surface area contributed by atoms with Crippen LogP contribution < -0.4 is 11.4 Å². The molecule has 0 saturated carbocycles. The molecule has 2 aromatic rings. The number of carbonyl (C=O) groups excluding carboxylic acids is 1. The molecule has 0 aliphatic rings. The largest absolute Gasteiger partial charge is 0.508 e. The number of fused-ring (bicyclic) bond motifs is 1. The van der Waals surface area contributed by atoms with Gasteiger partial charge in [-0.25, -0.2) is 14.2 Å². The first-order chi connectivity index (χ1) is 11.8. The van der Waals surface area contributed by atoms with Gasteiger partial charge in [0.05, 0.1) is 13.7 Å². The van der Waals surface area contributed by atoms with Gasteiger partial charge in [-0.3, -0.25) is 4.52 Å². The zero-order valence-electron chi connectivity index (χ0n) is 13.7. The van der Waals surface area contributed by atoms with E-state index in [0.29, 0.717) is 5.58 Å². The molecule has 25 heavy (non-hydrogen) atoms. The molecular formula is C14H20NO9P. The summed E-state index contributed by atoms with van der Waals surface area (Å²) in [5, 5.41) is 0.951. The molecule has 2 rings (SSSR count). The minimum Gasteiger partial charge on any atom is -0.438 e. The number of phosphoric acid groups is 1. The van der Waals surface area contributed by atoms with E-state index in [1.54, 1.807) is 12.1 Å². The van der Waals surface area contributed by atoms with Crippen molar-refractivity contribution < 1.29 is 37.6 Å². The Morgan fingerprint density at radius 3 is 2.40 bits per heavy atom. The molecule has 0 bridgehead atoms. The van der Waals surface area contributed by atoms with Crippen LogP contribution in [0.3, 0.4) is 0 Å². The number of carbonyl (C=O) groups is 1. The molecule has 0 amide bonds. The Bertz CT molecular complexity index is 740. The number of ether oxygens (including phenoxy) is 2. The van der Waals surface area contributed by atoms with Crippen LogP contribution in [0.4, 0.5) is 4.79 Å². The van der Waals surface area contributed by atoms with Gasteiger partial charge in [-0.2, -0.15) is 0 Å². The molecule has 10 nitrogen and oxygen atoms in total. The Morgan fingerprint density at radius 2 is 1.80 bits per heavy atom. The number of nitrogens with two attached hydrogens (primary N) is 1. The lowest BCUT2D eigenvalue weighted by molar-refractivity contribution is 0.0565. The second kappa shape index (κ2) is 12.2. The fourth-order valence-corrected chi connectivity index (χ4v) is 1.66. The Labute approximate surface area is 143 Å². The highest BCUT2D eigenvalue weighted by Gasteiger charge is 2.13. The van der Waals surface area contributed by atoms with Crippen LogP contribution in [0.1, 0.15) is 0 Å². The topological polar surface area (TPSA) is 159 Å². The van der Waals surface area contributed by atoms with Gasteiger partial charge in [0, 0.05) is 11.5 Å². The number of rotatable bonds is 4. The van der Waals surface area contributed by atoms with Crippen molar-refractivity contribution >= 4 is 24.9 Å². The van der Waals surface area contributed by atoms with E-state index in [2.05, 4.69) is 19.7 Å². The number of methoxy groups -OCH3 is 1. The molecule has 4 N–H and O–H groups in total. The fourth-order valence-electron chi connectivity index (χ4n) is 1.35. The molecule has 0 atom stereocenters. The van der Waals surface area contributed by atoms with Crippen molar-refractivity contribution in [1.29, 1.82) is 0 Å². The summed E-state index contributed by atoms with van der Waals surface area (Å²) in [6.07, 6.45) is -0.927. The maximum absolute atomic E-state index is 10.7. The molecule has 140 valence electrons. The van der Waals surface area contributed by atoms with Gasteiger partial charge < -0.3 is 29.4 Å². The highest BCUT2D eigenvalue weighted by molar-refractivity contribution is 7.46. The first-order valence-corrected chi connectivity index (χ1v) is 8.32. The van der Waals surface area contributed by atoms with Gasteiger partial charge in [0.25, 0.3) is 0 Å². The second-order valence-electron chi connectivity index (χ2n) is 3.92. The lowest BCUT2D eigenvalue weighted by Crippen LogP contribution is -2.09. The van der Waals surface area contributed by atoms with Gasteiger partial charge in [0.1, 0.15) is 12.2 Å². The quantitative estimate of drug-likeness (QED) is 0.306. The summed E-state index contributed by atoms with van der Waals surface area (Å²) < 4.78 is 27.2. The summed E-state index contributed by atoms with van der Waals surface area (Å²) >= 11 is 0. The van der Waals surface area contributed by atoms with Crippen molar-refractivity contribution in [2.24, 2.45) is 5.73 Å². The third-order valence-electron chi connectivity index (χ3n) is 2.26. The van der Waals surface area contributed by atoms with Crippen molar-refractivity contribution in [3.63, 3.8) is 0 Å². The van der Waals surface area contributed by atoms with E-state index in [9.17, 15) is 14.2 Å². The van der Waals surface area contributed by atoms with Gasteiger partial charge in [0.2, 0.25) is 0 Å². The van der Waals surface area contributed by atoms with Crippen molar-refractivity contribution in [2.45, 2.75) is 0 Å². The predicted octanol–water partition coefficient (Wildman–Crippen LogP) is 1.25. The standard InChI is InChI=1S/C9H6O2.C4H9O7P.CH5N/c10-9-6-5-7-3-1-2-4-8(7)11-9;1-9-4(5)10-2-3-11-12(6,7)8;1-2/h1-6H;2-3H2,1H3,(H2,6,7,8);2H2,1H3. The Hall–Kier alpha value is -2.23. The number of hydrogen-bond acceptors (Lipinski definition) is 8. The van der Waals surface area contributed by atoms with E-state index < -0.39 is 14.0 Å². The van der Waals surface area contributed by atoms with Crippen LogP contribution in [-0.2, 0) is 18.6 Å². The van der Waals surface area contributed by atoms with Crippen molar-refractivity contribution in [2.75, 3.05) is 27.4 Å². The van der Waals surface area contributed by atoms with Gasteiger partial charge >= 0.3 is 19.6 Å². The van der Waals surface area contributed by atoms with Crippen LogP contribution >= 0.6 is 7.82 Å². The zero-order valence-corrected chi connectivity index (χ0v) is 14.5. The summed E-state index contributed by atoms with van der Waals surface area (Å²) in [6, 6.07) is 10.6. The lowest BCUT2D eigenvalue weighted by Gasteiger charge is -2.04. The average molecular weight is 377 g/mol. The third-order valence-corrected chi connectivity index (χ3v) is 2.78. The molecule has 0 radical (unpaired) electrons. The van der Waals surface area contributed by atoms with E-state index in [4.69, 9.17) is 14.2 Å². The Morgan fingerprint density at radius 1 is 1.16 bits per heavy atom. The first-order valence-electron chi connectivity index (χ1n) is 6.79. The fraction of sp³-hybridized carbons (Fsp3) is 0.286. The van der Waals surface area contributed by atoms with E-state index >= 15 is 0 Å². The molecule has 0 saturated heterocycles. The maximum Gasteiger partial charge on any atom is 0.508 e. The van der Waals surface area contributed by atoms with Gasteiger partial charge in [0.15, 0.2) is 0 Å². The Balaban J connectivity index is 0.000000419. The summed E-state index contributed by atoms with van der Waals surface area (Å²) in [5.74, 6) is 0. The number of phosphoric ester groups is 1. The molecule has 0 aliphatic carbocycles. The molecule has 1 aromatic carbocycles. The normalized spacial score (nSPS) is 9.96.